The summed E-state index contributed by atoms with van der Waals surface area (Å²) in [5.41, 5.74) is 4.63. The fourth-order valence-electron chi connectivity index (χ4n) is 4.15. The Morgan fingerprint density at radius 3 is 2.77 bits per heavy atom. The van der Waals surface area contributed by atoms with E-state index in [0.717, 1.165) is 47.4 Å². The highest BCUT2D eigenvalue weighted by Crippen LogP contribution is 2.40. The molecule has 162 valence electrons. The zero-order valence-corrected chi connectivity index (χ0v) is 18.3. The maximum Gasteiger partial charge on any atom is 0.333 e. The van der Waals surface area contributed by atoms with Crippen molar-refractivity contribution >= 4 is 21.7 Å². The van der Waals surface area contributed by atoms with Crippen LogP contribution in [0.5, 0.6) is 5.75 Å². The maximum absolute atomic E-state index is 12.8. The summed E-state index contributed by atoms with van der Waals surface area (Å²) in [7, 11) is -0.307. The van der Waals surface area contributed by atoms with Gasteiger partial charge in [-0.05, 0) is 57.5 Å². The number of hydrogen-bond acceptors (Lipinski definition) is 6. The molecule has 1 aromatic carbocycles. The number of anilines is 1. The quantitative estimate of drug-likeness (QED) is 0.721. The van der Waals surface area contributed by atoms with Crippen LogP contribution in [-0.4, -0.2) is 49.8 Å². The molecule has 30 heavy (non-hydrogen) atoms. The van der Waals surface area contributed by atoms with Gasteiger partial charge >= 0.3 is 6.03 Å². The number of nitrogens with zero attached hydrogens (tertiary/aromatic N) is 3. The molecule has 9 nitrogen and oxygen atoms in total. The van der Waals surface area contributed by atoms with Crippen LogP contribution >= 0.6 is 0 Å². The van der Waals surface area contributed by atoms with Crippen molar-refractivity contribution in [1.29, 1.82) is 0 Å². The van der Waals surface area contributed by atoms with Crippen molar-refractivity contribution in [3.8, 4) is 5.75 Å². The molecule has 1 aliphatic heterocycles. The van der Waals surface area contributed by atoms with Crippen molar-refractivity contribution in [3.63, 3.8) is 0 Å². The van der Waals surface area contributed by atoms with Crippen molar-refractivity contribution in [2.45, 2.75) is 50.7 Å². The minimum Gasteiger partial charge on any atom is -0.493 e. The van der Waals surface area contributed by atoms with E-state index in [1.54, 1.807) is 4.68 Å². The number of ether oxygens (including phenoxy) is 1. The fourth-order valence-corrected chi connectivity index (χ4v) is 5.05. The van der Waals surface area contributed by atoms with Gasteiger partial charge in [-0.3, -0.25) is 4.68 Å². The molecule has 0 atom stereocenters. The summed E-state index contributed by atoms with van der Waals surface area (Å²) in [6.07, 6.45) is 3.50. The Bertz CT molecular complexity index is 1060. The minimum absolute atomic E-state index is 0.164. The zero-order chi connectivity index (χ0) is 21.5. The SMILES string of the molecule is CCn1nc(S(=O)(=O)NC(=O)Nc2c3c(cc4c2CCO4)CCC3)cc1CN(C)C. The molecule has 4 rings (SSSR count). The minimum atomic E-state index is -4.10. The van der Waals surface area contributed by atoms with Crippen LogP contribution in [-0.2, 0) is 42.4 Å². The molecule has 2 aromatic rings. The van der Waals surface area contributed by atoms with E-state index in [4.69, 9.17) is 4.74 Å². The fraction of sp³-hybridized carbons (Fsp3) is 0.500. The maximum atomic E-state index is 12.8. The summed E-state index contributed by atoms with van der Waals surface area (Å²) in [6, 6.07) is 2.77. The Morgan fingerprint density at radius 2 is 2.03 bits per heavy atom. The number of rotatable bonds is 6. The second-order valence-corrected chi connectivity index (χ2v) is 9.53. The molecule has 0 unspecified atom stereocenters. The van der Waals surface area contributed by atoms with Crippen LogP contribution in [0, 0.1) is 0 Å². The van der Waals surface area contributed by atoms with Crippen molar-refractivity contribution in [3.05, 3.63) is 34.5 Å². The molecule has 10 heteroatoms. The van der Waals surface area contributed by atoms with Crippen LogP contribution in [0.3, 0.4) is 0 Å². The smallest absolute Gasteiger partial charge is 0.333 e. The normalized spacial score (nSPS) is 15.1. The van der Waals surface area contributed by atoms with Gasteiger partial charge < -0.3 is 15.0 Å². The lowest BCUT2D eigenvalue weighted by molar-refractivity contribution is 0.256. The second kappa shape index (κ2) is 7.92. The first-order chi connectivity index (χ1) is 14.3. The predicted octanol–water partition coefficient (Wildman–Crippen LogP) is 1.90. The van der Waals surface area contributed by atoms with E-state index < -0.39 is 16.1 Å². The molecule has 2 N–H and O–H groups in total. The highest BCUT2D eigenvalue weighted by atomic mass is 32.2. The molecule has 0 saturated carbocycles. The van der Waals surface area contributed by atoms with Crippen molar-refractivity contribution in [1.82, 2.24) is 19.4 Å². The third kappa shape index (κ3) is 3.89. The van der Waals surface area contributed by atoms with Gasteiger partial charge in [0.1, 0.15) is 5.75 Å². The van der Waals surface area contributed by atoms with Crippen LogP contribution in [0.25, 0.3) is 0 Å². The Labute approximate surface area is 176 Å². The third-order valence-electron chi connectivity index (χ3n) is 5.44. The van der Waals surface area contributed by atoms with E-state index >= 15 is 0 Å². The summed E-state index contributed by atoms with van der Waals surface area (Å²) in [4.78, 5) is 14.6. The molecule has 2 heterocycles. The lowest BCUT2D eigenvalue weighted by Gasteiger charge is -2.15. The van der Waals surface area contributed by atoms with Gasteiger partial charge in [0.2, 0.25) is 0 Å². The predicted molar refractivity (Wildman–Crippen MR) is 112 cm³/mol. The molecule has 0 spiro atoms. The van der Waals surface area contributed by atoms with Crippen molar-refractivity contribution in [2.24, 2.45) is 0 Å². The molecule has 2 aliphatic rings. The van der Waals surface area contributed by atoms with Gasteiger partial charge in [-0.25, -0.2) is 9.52 Å². The van der Waals surface area contributed by atoms with Gasteiger partial charge in [0, 0.05) is 31.1 Å². The highest BCUT2D eigenvalue weighted by molar-refractivity contribution is 7.90. The number of carbonyl (C=O) groups is 1. The summed E-state index contributed by atoms with van der Waals surface area (Å²) >= 11 is 0. The molecule has 0 fully saturated rings. The lowest BCUT2D eigenvalue weighted by atomic mass is 10.0. The first-order valence-corrected chi connectivity index (χ1v) is 11.6. The Morgan fingerprint density at radius 1 is 1.23 bits per heavy atom. The van der Waals surface area contributed by atoms with Crippen molar-refractivity contribution < 1.29 is 17.9 Å². The number of benzene rings is 1. The van der Waals surface area contributed by atoms with Crippen LogP contribution in [0.1, 0.15) is 35.7 Å². The molecule has 0 radical (unpaired) electrons. The molecular formula is C20H27N5O4S. The van der Waals surface area contributed by atoms with Gasteiger partial charge in [0.15, 0.2) is 5.03 Å². The van der Waals surface area contributed by atoms with E-state index in [1.165, 1.54) is 6.07 Å². The van der Waals surface area contributed by atoms with Gasteiger partial charge in [0.25, 0.3) is 10.0 Å². The van der Waals surface area contributed by atoms with Gasteiger partial charge in [-0.2, -0.15) is 13.5 Å². The Kier molecular flexibility index (Phi) is 5.46. The van der Waals surface area contributed by atoms with Gasteiger partial charge in [0.05, 0.1) is 18.0 Å². The number of fused-ring (bicyclic) bond motifs is 2. The standard InChI is InChI=1S/C20H27N5O4S/c1-4-25-14(12-24(2)3)11-18(22-25)30(27,28)23-20(26)21-19-15-7-5-6-13(15)10-17-16(19)8-9-29-17/h10-11H,4-9,12H2,1-3H3,(H2,21,23,26). The van der Waals surface area contributed by atoms with E-state index in [-0.39, 0.29) is 5.03 Å². The van der Waals surface area contributed by atoms with E-state index in [0.29, 0.717) is 31.8 Å². The molecule has 2 amide bonds. The first-order valence-electron chi connectivity index (χ1n) is 10.1. The zero-order valence-electron chi connectivity index (χ0n) is 17.5. The van der Waals surface area contributed by atoms with E-state index in [9.17, 15) is 13.2 Å². The highest BCUT2D eigenvalue weighted by Gasteiger charge is 2.28. The van der Waals surface area contributed by atoms with E-state index in [1.807, 2.05) is 32.0 Å². The van der Waals surface area contributed by atoms with Crippen LogP contribution in [0.2, 0.25) is 0 Å². The number of carbonyl (C=O) groups excluding carboxylic acids is 1. The van der Waals surface area contributed by atoms with Crippen LogP contribution < -0.4 is 14.8 Å². The number of aromatic nitrogens is 2. The second-order valence-electron chi connectivity index (χ2n) is 7.91. The summed E-state index contributed by atoms with van der Waals surface area (Å²) in [6.45, 7) is 3.54. The largest absolute Gasteiger partial charge is 0.493 e. The van der Waals surface area contributed by atoms with Crippen LogP contribution in [0.4, 0.5) is 10.5 Å². The number of sulfonamides is 1. The Hall–Kier alpha value is -2.59. The van der Waals surface area contributed by atoms with Gasteiger partial charge in [-0.1, -0.05) is 0 Å². The van der Waals surface area contributed by atoms with E-state index in [2.05, 4.69) is 15.1 Å². The number of aryl methyl sites for hydroxylation is 2. The molecular weight excluding hydrogens is 406 g/mol. The summed E-state index contributed by atoms with van der Waals surface area (Å²) in [5, 5.41) is 6.79. The number of urea groups is 1. The summed E-state index contributed by atoms with van der Waals surface area (Å²) < 4.78 is 35.0. The third-order valence-corrected chi connectivity index (χ3v) is 6.64. The number of hydrogen-bond donors (Lipinski definition) is 2. The molecule has 1 aromatic heterocycles. The molecule has 0 saturated heterocycles. The molecule has 1 aliphatic carbocycles. The van der Waals surface area contributed by atoms with Crippen LogP contribution in [0.15, 0.2) is 17.2 Å². The number of amides is 2. The van der Waals surface area contributed by atoms with Gasteiger partial charge in [-0.15, -0.1) is 0 Å². The first kappa shape index (κ1) is 20.7. The molecule has 0 bridgehead atoms. The average Bonchev–Trinajstić information content (AvgIpc) is 3.39. The topological polar surface area (TPSA) is 106 Å². The van der Waals surface area contributed by atoms with Crippen molar-refractivity contribution in [2.75, 3.05) is 26.0 Å². The number of nitrogens with one attached hydrogen (secondary N) is 2. The average molecular weight is 434 g/mol. The lowest BCUT2D eigenvalue weighted by Crippen LogP contribution is -2.35. The Balaban J connectivity index is 1.56. The summed E-state index contributed by atoms with van der Waals surface area (Å²) in [5.74, 6) is 0.781. The monoisotopic (exact) mass is 433 g/mol.